The van der Waals surface area contributed by atoms with Gasteiger partial charge in [0.05, 0.1) is 73.7 Å². The molecule has 0 amide bonds. The monoisotopic (exact) mass is 881 g/mol. The van der Waals surface area contributed by atoms with E-state index in [2.05, 4.69) is 0 Å². The van der Waals surface area contributed by atoms with E-state index in [1.54, 1.807) is 41.5 Å². The van der Waals surface area contributed by atoms with Gasteiger partial charge in [-0.05, 0) is 129 Å². The number of furan rings is 1. The van der Waals surface area contributed by atoms with E-state index in [0.717, 1.165) is 4.90 Å². The van der Waals surface area contributed by atoms with E-state index >= 15 is 0 Å². The van der Waals surface area contributed by atoms with Gasteiger partial charge in [0.25, 0.3) is 6.71 Å². The maximum Gasteiger partial charge on any atom is 0.297 e. The summed E-state index contributed by atoms with van der Waals surface area (Å²) in [7, 11) is 0. The number of rotatable bonds is 2. The molecule has 6 heterocycles. The molecule has 65 heavy (non-hydrogen) atoms. The van der Waals surface area contributed by atoms with Crippen LogP contribution in [0, 0.1) is 6.92 Å². The molecule has 0 saturated carbocycles. The van der Waals surface area contributed by atoms with Crippen molar-refractivity contribution in [2.75, 3.05) is 9.80 Å². The van der Waals surface area contributed by atoms with Gasteiger partial charge in [0.15, 0.2) is 0 Å². The van der Waals surface area contributed by atoms with Gasteiger partial charge < -0.3 is 18.8 Å². The molecule has 0 unspecified atom stereocenters. The van der Waals surface area contributed by atoms with E-state index in [4.69, 9.17) is 16.8 Å². The van der Waals surface area contributed by atoms with Crippen LogP contribution in [0.15, 0.2) is 155 Å². The third kappa shape index (κ3) is 5.03. The van der Waals surface area contributed by atoms with Gasteiger partial charge in [-0.1, -0.05) is 120 Å². The molecule has 8 aromatic carbocycles. The minimum absolute atomic E-state index is 0.00674. The van der Waals surface area contributed by atoms with Gasteiger partial charge in [-0.2, -0.15) is 0 Å². The van der Waals surface area contributed by atoms with Crippen LogP contribution in [0.4, 0.5) is 34.1 Å². The van der Waals surface area contributed by atoms with Crippen molar-refractivity contribution in [1.29, 1.82) is 0 Å². The number of aromatic nitrogens is 1. The summed E-state index contributed by atoms with van der Waals surface area (Å²) in [6.07, 6.45) is 0. The number of thiophene rings is 1. The smallest absolute Gasteiger partial charge is 0.297 e. The van der Waals surface area contributed by atoms with Crippen LogP contribution in [0.1, 0.15) is 92.5 Å². The van der Waals surface area contributed by atoms with Gasteiger partial charge in [0, 0.05) is 53.4 Å². The van der Waals surface area contributed by atoms with Crippen LogP contribution < -0.4 is 26.4 Å². The molecule has 6 heteroatoms. The van der Waals surface area contributed by atoms with E-state index in [1.165, 1.54) is 16.4 Å². The average molecular weight is 881 g/mol. The molecule has 0 atom stereocenters. The molecule has 0 saturated heterocycles. The first-order valence-electron chi connectivity index (χ1n) is 33.4. The molecule has 4 nitrogen and oxygen atoms in total. The Morgan fingerprint density at radius 1 is 0.538 bits per heavy atom. The largest absolute Gasteiger partial charge is 0.468 e. The summed E-state index contributed by atoms with van der Waals surface area (Å²) in [5.41, 5.74) is -6.76. The Labute approximate surface area is 418 Å². The highest BCUT2D eigenvalue weighted by atomic mass is 32.1. The normalized spacial score (nSPS) is 19.4. The number of hydrogen-bond acceptors (Lipinski definition) is 4. The van der Waals surface area contributed by atoms with Crippen molar-refractivity contribution in [3.05, 3.63) is 168 Å². The van der Waals surface area contributed by atoms with Gasteiger partial charge in [-0.15, -0.1) is 11.3 Å². The van der Waals surface area contributed by atoms with Crippen molar-refractivity contribution in [2.24, 2.45) is 0 Å². The molecule has 11 aromatic rings. The maximum absolute atomic E-state index is 10.5. The summed E-state index contributed by atoms with van der Waals surface area (Å²) in [5.74, 6) is 0. The van der Waals surface area contributed by atoms with E-state index in [9.17, 15) is 21.9 Å². The van der Waals surface area contributed by atoms with Crippen LogP contribution in [0.5, 0.6) is 0 Å². The molecule has 0 bridgehead atoms. The van der Waals surface area contributed by atoms with E-state index in [0.29, 0.717) is 11.3 Å². The Bertz CT molecular complexity index is 5360. The van der Waals surface area contributed by atoms with Crippen molar-refractivity contribution in [1.82, 2.24) is 4.57 Å². The second-order valence-corrected chi connectivity index (χ2v) is 19.6. The molecule has 312 valence electrons. The van der Waals surface area contributed by atoms with Crippen LogP contribution in [-0.4, -0.2) is 11.3 Å². The van der Waals surface area contributed by atoms with Crippen LogP contribution >= 0.6 is 11.3 Å². The highest BCUT2D eigenvalue weighted by Gasteiger charge is 2.49. The molecule has 0 N–H and O–H groups in total. The Balaban J connectivity index is 1.26. The highest BCUT2D eigenvalue weighted by Crippen LogP contribution is 2.55. The van der Waals surface area contributed by atoms with Crippen LogP contribution in [-0.2, 0) is 10.8 Å². The van der Waals surface area contributed by atoms with Crippen LogP contribution in [0.3, 0.4) is 0 Å². The predicted molar refractivity (Wildman–Crippen MR) is 279 cm³/mol. The Kier molecular flexibility index (Phi) is 3.97. The van der Waals surface area contributed by atoms with E-state index < -0.39 is 184 Å². The van der Waals surface area contributed by atoms with Gasteiger partial charge in [0.1, 0.15) is 5.58 Å². The minimum atomic E-state index is -1.73. The van der Waals surface area contributed by atoms with Crippen molar-refractivity contribution in [3.63, 3.8) is 0 Å². The summed E-state index contributed by atoms with van der Waals surface area (Å²) in [4.78, 5) is 2.55. The van der Waals surface area contributed by atoms with Gasteiger partial charge >= 0.3 is 0 Å². The molecule has 3 aliphatic heterocycles. The first-order chi connectivity index (χ1) is 41.9. The molecular formula is C59H46BN3OS. The molecule has 3 aromatic heterocycles. The number of hydrogen-bond donors (Lipinski definition) is 0. The summed E-state index contributed by atoms with van der Waals surface area (Å²) < 4.78 is 247. The Hall–Kier alpha value is -7.02. The van der Waals surface area contributed by atoms with Crippen molar-refractivity contribution < 1.29 is 38.7 Å². The number of para-hydroxylation sites is 1. The zero-order chi connectivity index (χ0) is 65.6. The fourth-order valence-electron chi connectivity index (χ4n) is 9.48. The topological polar surface area (TPSA) is 24.6 Å². The van der Waals surface area contributed by atoms with E-state index in [1.807, 2.05) is 0 Å². The van der Waals surface area contributed by atoms with Gasteiger partial charge in [-0.25, -0.2) is 0 Å². The first-order valence-corrected chi connectivity index (χ1v) is 21.8. The minimum Gasteiger partial charge on any atom is -0.468 e. The Morgan fingerprint density at radius 3 is 2.11 bits per heavy atom. The van der Waals surface area contributed by atoms with Gasteiger partial charge in [0.2, 0.25) is 0 Å². The van der Waals surface area contributed by atoms with Crippen molar-refractivity contribution in [2.45, 2.75) is 59.3 Å². The lowest BCUT2D eigenvalue weighted by Gasteiger charge is -2.45. The Morgan fingerprint density at radius 2 is 1.29 bits per heavy atom. The zero-order valence-electron chi connectivity index (χ0n) is 60.7. The van der Waals surface area contributed by atoms with Crippen LogP contribution in [0.2, 0.25) is 0 Å². The predicted octanol–water partition coefficient (Wildman–Crippen LogP) is 14.9. The quantitative estimate of drug-likeness (QED) is 0.162. The first kappa shape index (κ1) is 20.4. The molecule has 14 rings (SSSR count). The van der Waals surface area contributed by atoms with E-state index in [-0.39, 0.29) is 122 Å². The summed E-state index contributed by atoms with van der Waals surface area (Å²) in [6.45, 7) is 10.3. The lowest BCUT2D eigenvalue weighted by Crippen LogP contribution is -2.61. The molecule has 0 radical (unpaired) electrons. The fraction of sp³-hybridized carbons (Fsp3) is 0.153. The third-order valence-corrected chi connectivity index (χ3v) is 13.4. The number of anilines is 6. The highest BCUT2D eigenvalue weighted by molar-refractivity contribution is 7.25. The summed E-state index contributed by atoms with van der Waals surface area (Å²) in [5, 5.41) is -0.804. The van der Waals surface area contributed by atoms with Crippen molar-refractivity contribution >= 4 is 122 Å². The molecule has 0 spiro atoms. The summed E-state index contributed by atoms with van der Waals surface area (Å²) in [6, 6.07) is -15.7. The second kappa shape index (κ2) is 12.6. The summed E-state index contributed by atoms with van der Waals surface area (Å²) >= 11 is 0.715. The van der Waals surface area contributed by atoms with Crippen molar-refractivity contribution in [3.8, 4) is 16.8 Å². The number of benzene rings is 8. The maximum atomic E-state index is 10.5. The molecule has 0 aliphatic carbocycles. The second-order valence-electron chi connectivity index (χ2n) is 18.6. The lowest BCUT2D eigenvalue weighted by molar-refractivity contribution is 0.590. The van der Waals surface area contributed by atoms with Crippen LogP contribution in [0.25, 0.3) is 69.8 Å². The van der Waals surface area contributed by atoms with Gasteiger partial charge in [-0.3, -0.25) is 0 Å². The number of fused-ring (bicyclic) bond motifs is 14. The standard InChI is InChI=1S/C59H46BN3OS/c1-33-26-47-53-48(27-33)63-49-31-37(59(5,6)7)30-42-41-29-36(58(2,3)4)21-24-45(41)62(54(42)49)46-18-13-17-44(56(46)63)60(53)57-55(43-28-35(20-25-50(43)64-57)34-14-9-8-10-15-34)61(47)38-22-23-40-39-16-11-12-19-51(39)65-52(40)32-38/h8-32H,1-7H3/i8D,9D,10D,11D,12D,13D,14D,15D,16D,17D,18D,19D,20D,21D,22D,23D,24D,25D,26D,27D,28D,29D,30D,31D,32D. The molecule has 3 aliphatic rings. The third-order valence-electron chi connectivity index (χ3n) is 12.4. The lowest BCUT2D eigenvalue weighted by atomic mass is 9.35. The molecule has 0 fully saturated rings. The zero-order valence-corrected chi connectivity index (χ0v) is 36.6. The number of nitrogens with zero attached hydrogens (tertiary/aromatic N) is 3. The molecular weight excluding hydrogens is 810 g/mol. The SMILES string of the molecule is [2H]c1c([2H])c([2H])c(-c2c([2H])c([2H])c3oc4c(c3c2[2H])N(c2c([2H])c([2H])c3c(sc5c([2H])c([2H])c([2H])c([2H])c53)c2[2H])c2c([2H])c(C)c([2H])c3c2B4c2c([2H])c([2H])c([2H])c4c2N3c2c([2H])c(C(C)(C)C)c([2H])c3c5c([2H])c(C(C)(C)C)c([2H])c([2H])c5n-4c23)c([2H])c1[2H]. The fourth-order valence-corrected chi connectivity index (χ4v) is 10.4. The average Bonchev–Trinajstić information content (AvgIpc) is 1.31.